The van der Waals surface area contributed by atoms with Crippen LogP contribution in [0.1, 0.15) is 30.7 Å². The first-order valence-electron chi connectivity index (χ1n) is 12.3. The zero-order chi connectivity index (χ0) is 24.5. The number of halogens is 1. The van der Waals surface area contributed by atoms with Crippen LogP contribution in [0.2, 0.25) is 0 Å². The van der Waals surface area contributed by atoms with Gasteiger partial charge in [0.25, 0.3) is 5.56 Å². The lowest BCUT2D eigenvalue weighted by atomic mass is 10.1. The van der Waals surface area contributed by atoms with Crippen molar-refractivity contribution in [1.82, 2.24) is 14.5 Å². The molecule has 0 bridgehead atoms. The third kappa shape index (κ3) is 4.33. The number of fused-ring (bicyclic) bond motifs is 2. The first-order valence-corrected chi connectivity index (χ1v) is 13.1. The summed E-state index contributed by atoms with van der Waals surface area (Å²) in [6.07, 6.45) is 7.60. The van der Waals surface area contributed by atoms with Gasteiger partial charge in [0.05, 0.1) is 22.1 Å². The maximum Gasteiger partial charge on any atom is 0.266 e. The number of nitrogens with zero attached hydrogens (tertiary/aromatic N) is 4. The summed E-state index contributed by atoms with van der Waals surface area (Å²) >= 11 is 3.49. The lowest BCUT2D eigenvalue weighted by molar-refractivity contribution is 0.574. The molecule has 0 amide bonds. The maximum absolute atomic E-state index is 13.6. The summed E-state index contributed by atoms with van der Waals surface area (Å²) < 4.78 is 2.64. The molecular weight excluding hydrogens is 512 g/mol. The van der Waals surface area contributed by atoms with Gasteiger partial charge in [0.1, 0.15) is 11.6 Å². The highest BCUT2D eigenvalue weighted by atomic mass is 79.9. The summed E-state index contributed by atoms with van der Waals surface area (Å²) in [6, 6.07) is 25.6. The van der Waals surface area contributed by atoms with Gasteiger partial charge < -0.3 is 4.90 Å². The minimum atomic E-state index is -0.0875. The predicted octanol–water partition coefficient (Wildman–Crippen LogP) is 6.86. The van der Waals surface area contributed by atoms with Gasteiger partial charge in [-0.1, -0.05) is 46.3 Å². The fraction of sp³-hybridized carbons (Fsp3) is 0.167. The van der Waals surface area contributed by atoms with Crippen molar-refractivity contribution in [3.05, 3.63) is 105 Å². The van der Waals surface area contributed by atoms with Crippen molar-refractivity contribution in [1.29, 1.82) is 0 Å². The van der Waals surface area contributed by atoms with Crippen LogP contribution in [0.5, 0.6) is 0 Å². The van der Waals surface area contributed by atoms with Gasteiger partial charge >= 0.3 is 0 Å². The van der Waals surface area contributed by atoms with Crippen molar-refractivity contribution in [2.45, 2.75) is 19.3 Å². The van der Waals surface area contributed by atoms with E-state index in [9.17, 15) is 4.79 Å². The normalized spacial score (nSPS) is 14.2. The van der Waals surface area contributed by atoms with Crippen LogP contribution in [-0.2, 0) is 0 Å². The van der Waals surface area contributed by atoms with Gasteiger partial charge in [0, 0.05) is 28.5 Å². The Kier molecular flexibility index (Phi) is 6.11. The molecule has 5 aromatic rings. The van der Waals surface area contributed by atoms with E-state index in [4.69, 9.17) is 9.97 Å². The Bertz CT molecular complexity index is 1650. The monoisotopic (exact) mass is 536 g/mol. The topological polar surface area (TPSA) is 51.0 Å². The smallest absolute Gasteiger partial charge is 0.266 e. The fourth-order valence-electron chi connectivity index (χ4n) is 4.87. The van der Waals surface area contributed by atoms with Gasteiger partial charge in [0.2, 0.25) is 0 Å². The molecule has 1 fully saturated rings. The summed E-state index contributed by atoms with van der Waals surface area (Å²) in [6.45, 7) is 2.01. The highest BCUT2D eigenvalue weighted by Crippen LogP contribution is 2.28. The van der Waals surface area contributed by atoms with Gasteiger partial charge in [-0.05, 0) is 79.9 Å². The molecule has 5 nitrogen and oxygen atoms in total. The number of pyridine rings is 1. The van der Waals surface area contributed by atoms with E-state index in [2.05, 4.69) is 45.1 Å². The summed E-state index contributed by atoms with van der Waals surface area (Å²) in [5.41, 5.74) is 3.39. The second-order valence-electron chi connectivity index (χ2n) is 9.08. The number of aromatic nitrogens is 3. The average molecular weight is 537 g/mol. The molecule has 36 heavy (non-hydrogen) atoms. The van der Waals surface area contributed by atoms with Gasteiger partial charge in [-0.3, -0.25) is 9.36 Å². The predicted molar refractivity (Wildman–Crippen MR) is 152 cm³/mol. The molecule has 0 spiro atoms. The van der Waals surface area contributed by atoms with E-state index in [0.717, 1.165) is 45.5 Å². The van der Waals surface area contributed by atoms with Gasteiger partial charge in [-0.15, -0.1) is 0 Å². The third-order valence-electron chi connectivity index (χ3n) is 6.69. The number of hydrogen-bond acceptors (Lipinski definition) is 4. The Morgan fingerprint density at radius 2 is 1.50 bits per heavy atom. The van der Waals surface area contributed by atoms with Crippen molar-refractivity contribution >= 4 is 55.7 Å². The van der Waals surface area contributed by atoms with Crippen molar-refractivity contribution in [2.24, 2.45) is 0 Å². The van der Waals surface area contributed by atoms with Crippen LogP contribution >= 0.6 is 15.9 Å². The number of anilines is 1. The molecule has 3 aromatic carbocycles. The molecule has 0 atom stereocenters. The molecule has 6 heteroatoms. The quantitative estimate of drug-likeness (QED) is 0.252. The molecular formula is C30H25BrN4O. The van der Waals surface area contributed by atoms with Gasteiger partial charge in [-0.2, -0.15) is 0 Å². The number of piperidine rings is 1. The molecule has 3 heterocycles. The first kappa shape index (κ1) is 22.7. The van der Waals surface area contributed by atoms with Crippen LogP contribution in [0.25, 0.3) is 39.6 Å². The first-order chi connectivity index (χ1) is 17.7. The lowest BCUT2D eigenvalue weighted by Crippen LogP contribution is -2.30. The molecule has 0 unspecified atom stereocenters. The molecule has 1 aliphatic heterocycles. The Hall–Kier alpha value is -3.77. The lowest BCUT2D eigenvalue weighted by Gasteiger charge is -2.29. The van der Waals surface area contributed by atoms with E-state index in [-0.39, 0.29) is 5.56 Å². The SMILES string of the molecule is O=c1c2ccccc2nc(C=Cc2cc3ccccc3nc2N2CCCCC2)n1-c1ccc(Br)cc1. The summed E-state index contributed by atoms with van der Waals surface area (Å²) in [5, 5.41) is 1.69. The fourth-order valence-corrected chi connectivity index (χ4v) is 5.13. The molecule has 1 saturated heterocycles. The number of benzene rings is 3. The molecule has 0 N–H and O–H groups in total. The van der Waals surface area contributed by atoms with E-state index in [1.807, 2.05) is 66.7 Å². The summed E-state index contributed by atoms with van der Waals surface area (Å²) in [7, 11) is 0. The molecule has 6 rings (SSSR count). The highest BCUT2D eigenvalue weighted by molar-refractivity contribution is 9.10. The Labute approximate surface area is 217 Å². The largest absolute Gasteiger partial charge is 0.356 e. The molecule has 0 radical (unpaired) electrons. The van der Waals surface area contributed by atoms with Crippen LogP contribution < -0.4 is 10.5 Å². The minimum absolute atomic E-state index is 0.0875. The van der Waals surface area contributed by atoms with E-state index in [1.165, 1.54) is 19.3 Å². The van der Waals surface area contributed by atoms with Crippen LogP contribution in [0.4, 0.5) is 5.82 Å². The second-order valence-corrected chi connectivity index (χ2v) is 9.99. The Balaban J connectivity index is 1.53. The molecule has 0 aliphatic carbocycles. The zero-order valence-corrected chi connectivity index (χ0v) is 21.4. The van der Waals surface area contributed by atoms with Crippen LogP contribution in [-0.4, -0.2) is 27.6 Å². The van der Waals surface area contributed by atoms with E-state index in [0.29, 0.717) is 16.7 Å². The number of hydrogen-bond donors (Lipinski definition) is 0. The van der Waals surface area contributed by atoms with E-state index >= 15 is 0 Å². The van der Waals surface area contributed by atoms with E-state index in [1.54, 1.807) is 4.57 Å². The summed E-state index contributed by atoms with van der Waals surface area (Å²) in [5.74, 6) is 1.57. The van der Waals surface area contributed by atoms with Crippen molar-refractivity contribution < 1.29 is 0 Å². The maximum atomic E-state index is 13.6. The van der Waals surface area contributed by atoms with Crippen molar-refractivity contribution in [3.8, 4) is 5.69 Å². The van der Waals surface area contributed by atoms with Crippen LogP contribution in [0.3, 0.4) is 0 Å². The third-order valence-corrected chi connectivity index (χ3v) is 7.22. The van der Waals surface area contributed by atoms with Crippen LogP contribution in [0, 0.1) is 0 Å². The molecule has 2 aromatic heterocycles. The molecule has 1 aliphatic rings. The highest BCUT2D eigenvalue weighted by Gasteiger charge is 2.17. The minimum Gasteiger partial charge on any atom is -0.356 e. The molecule has 0 saturated carbocycles. The van der Waals surface area contributed by atoms with Gasteiger partial charge in [0.15, 0.2) is 0 Å². The summed E-state index contributed by atoms with van der Waals surface area (Å²) in [4.78, 5) is 25.9. The molecule has 178 valence electrons. The van der Waals surface area contributed by atoms with E-state index < -0.39 is 0 Å². The average Bonchev–Trinajstić information content (AvgIpc) is 2.93. The standard InChI is InChI=1S/C30H25BrN4O/c31-23-13-15-24(16-14-23)35-28(32-27-11-5-3-9-25(27)30(35)36)17-12-22-20-21-8-2-4-10-26(21)33-29(22)34-18-6-1-7-19-34/h2-5,8-17,20H,1,6-7,18-19H2. The number of para-hydroxylation sites is 2. The second kappa shape index (κ2) is 9.70. The van der Waals surface area contributed by atoms with Crippen molar-refractivity contribution in [2.75, 3.05) is 18.0 Å². The number of rotatable bonds is 4. The Morgan fingerprint density at radius 1 is 0.778 bits per heavy atom. The van der Waals surface area contributed by atoms with Crippen LogP contribution in [0.15, 0.2) is 88.1 Å². The van der Waals surface area contributed by atoms with Crippen molar-refractivity contribution in [3.63, 3.8) is 0 Å². The zero-order valence-electron chi connectivity index (χ0n) is 19.8. The van der Waals surface area contributed by atoms with Gasteiger partial charge in [-0.25, -0.2) is 9.97 Å². The Morgan fingerprint density at radius 3 is 2.31 bits per heavy atom.